The first-order valence-corrected chi connectivity index (χ1v) is 3.91. The van der Waals surface area contributed by atoms with Gasteiger partial charge in [0.1, 0.15) is 4.88 Å². The van der Waals surface area contributed by atoms with E-state index in [0.29, 0.717) is 10.6 Å². The summed E-state index contributed by atoms with van der Waals surface area (Å²) in [6, 6.07) is 1.76. The second-order valence-corrected chi connectivity index (χ2v) is 3.39. The molecule has 0 saturated heterocycles. The molecule has 0 bridgehead atoms. The van der Waals surface area contributed by atoms with Crippen LogP contribution in [0, 0.1) is 6.92 Å². The summed E-state index contributed by atoms with van der Waals surface area (Å²) < 4.78 is 4.52. The van der Waals surface area contributed by atoms with Crippen LogP contribution in [0.2, 0.25) is 0 Å². The molecule has 0 fully saturated rings. The topological polar surface area (TPSA) is 52.3 Å². The summed E-state index contributed by atoms with van der Waals surface area (Å²) in [7, 11) is 1.34. The summed E-state index contributed by atoms with van der Waals surface area (Å²) in [4.78, 5) is 12.5. The quantitative estimate of drug-likeness (QED) is 0.650. The first-order valence-electron chi connectivity index (χ1n) is 3.09. The maximum atomic E-state index is 11.0. The third-order valence-corrected chi connectivity index (χ3v) is 2.30. The van der Waals surface area contributed by atoms with E-state index < -0.39 is 0 Å². The number of rotatable bonds is 1. The summed E-state index contributed by atoms with van der Waals surface area (Å²) in [6.07, 6.45) is 0. The summed E-state index contributed by atoms with van der Waals surface area (Å²) in [5.41, 5.74) is 6.03. The van der Waals surface area contributed by atoms with Crippen LogP contribution < -0.4 is 5.73 Å². The van der Waals surface area contributed by atoms with E-state index in [1.165, 1.54) is 18.4 Å². The largest absolute Gasteiger partial charge is 0.465 e. The number of aryl methyl sites for hydroxylation is 1. The van der Waals surface area contributed by atoms with Crippen molar-refractivity contribution in [3.63, 3.8) is 0 Å². The van der Waals surface area contributed by atoms with E-state index in [0.717, 1.165) is 4.88 Å². The fourth-order valence-electron chi connectivity index (χ4n) is 0.786. The van der Waals surface area contributed by atoms with E-state index in [1.807, 2.05) is 6.92 Å². The summed E-state index contributed by atoms with van der Waals surface area (Å²) in [5, 5.41) is 0. The Morgan fingerprint density at radius 1 is 1.73 bits per heavy atom. The zero-order chi connectivity index (χ0) is 8.43. The molecule has 60 valence electrons. The van der Waals surface area contributed by atoms with Crippen molar-refractivity contribution >= 4 is 23.0 Å². The molecular weight excluding hydrogens is 162 g/mol. The summed E-state index contributed by atoms with van der Waals surface area (Å²) >= 11 is 1.35. The Balaban J connectivity index is 3.03. The molecule has 0 atom stereocenters. The maximum Gasteiger partial charge on any atom is 0.350 e. The van der Waals surface area contributed by atoms with Crippen molar-refractivity contribution in [3.8, 4) is 0 Å². The molecule has 0 aliphatic rings. The predicted octanol–water partition coefficient (Wildman–Crippen LogP) is 1.43. The van der Waals surface area contributed by atoms with Crippen molar-refractivity contribution < 1.29 is 9.53 Å². The van der Waals surface area contributed by atoms with E-state index >= 15 is 0 Å². The molecule has 1 aromatic rings. The molecule has 2 N–H and O–H groups in total. The van der Waals surface area contributed by atoms with E-state index in [9.17, 15) is 4.79 Å². The number of carbonyl (C=O) groups is 1. The Labute approximate surface area is 68.8 Å². The van der Waals surface area contributed by atoms with Crippen molar-refractivity contribution in [2.45, 2.75) is 6.92 Å². The Morgan fingerprint density at radius 2 is 2.36 bits per heavy atom. The molecule has 0 aliphatic carbocycles. The van der Waals surface area contributed by atoms with Crippen molar-refractivity contribution in [1.82, 2.24) is 0 Å². The molecule has 4 heteroatoms. The Morgan fingerprint density at radius 3 is 2.73 bits per heavy atom. The summed E-state index contributed by atoms with van der Waals surface area (Å²) in [6.45, 7) is 1.90. The van der Waals surface area contributed by atoms with Gasteiger partial charge in [0.2, 0.25) is 0 Å². The van der Waals surface area contributed by atoms with Crippen molar-refractivity contribution in [1.29, 1.82) is 0 Å². The van der Waals surface area contributed by atoms with Gasteiger partial charge in [-0.15, -0.1) is 11.3 Å². The smallest absolute Gasteiger partial charge is 0.350 e. The van der Waals surface area contributed by atoms with Gasteiger partial charge in [-0.1, -0.05) is 0 Å². The molecular formula is C7H9NO2S. The molecule has 3 nitrogen and oxygen atoms in total. The molecule has 0 spiro atoms. The molecule has 11 heavy (non-hydrogen) atoms. The molecule has 0 amide bonds. The minimum Gasteiger partial charge on any atom is -0.465 e. The van der Waals surface area contributed by atoms with E-state index in [-0.39, 0.29) is 5.97 Å². The molecule has 1 rings (SSSR count). The van der Waals surface area contributed by atoms with E-state index in [4.69, 9.17) is 5.73 Å². The highest BCUT2D eigenvalue weighted by Gasteiger charge is 2.12. The van der Waals surface area contributed by atoms with Gasteiger partial charge in [-0.2, -0.15) is 0 Å². The first kappa shape index (κ1) is 8.07. The minimum atomic E-state index is -0.361. The third-order valence-electron chi connectivity index (χ3n) is 1.25. The highest BCUT2D eigenvalue weighted by molar-refractivity contribution is 7.14. The SMILES string of the molecule is COC(=O)c1sc(C)cc1N. The average molecular weight is 171 g/mol. The highest BCUT2D eigenvalue weighted by atomic mass is 32.1. The van der Waals surface area contributed by atoms with E-state index in [2.05, 4.69) is 4.74 Å². The van der Waals surface area contributed by atoms with Crippen LogP contribution in [0.15, 0.2) is 6.07 Å². The number of nitrogen functional groups attached to an aromatic ring is 1. The van der Waals surface area contributed by atoms with Gasteiger partial charge in [0.15, 0.2) is 0 Å². The van der Waals surface area contributed by atoms with Crippen LogP contribution in [-0.2, 0) is 4.74 Å². The zero-order valence-corrected chi connectivity index (χ0v) is 7.20. The van der Waals surface area contributed by atoms with Crippen LogP contribution >= 0.6 is 11.3 Å². The van der Waals surface area contributed by atoms with Gasteiger partial charge in [-0.25, -0.2) is 4.79 Å². The molecule has 0 unspecified atom stereocenters. The summed E-state index contributed by atoms with van der Waals surface area (Å²) in [5.74, 6) is -0.361. The lowest BCUT2D eigenvalue weighted by Gasteiger charge is -1.94. The molecule has 0 aromatic carbocycles. The highest BCUT2D eigenvalue weighted by Crippen LogP contribution is 2.24. The number of thiophene rings is 1. The number of hydrogen-bond donors (Lipinski definition) is 1. The average Bonchev–Trinajstić information content (AvgIpc) is 2.28. The third kappa shape index (κ3) is 1.51. The number of anilines is 1. The van der Waals surface area contributed by atoms with Gasteiger partial charge < -0.3 is 10.5 Å². The number of esters is 1. The Kier molecular flexibility index (Phi) is 2.14. The monoisotopic (exact) mass is 171 g/mol. The van der Waals surface area contributed by atoms with E-state index in [1.54, 1.807) is 6.07 Å². The van der Waals surface area contributed by atoms with Gasteiger partial charge in [0, 0.05) is 4.88 Å². The maximum absolute atomic E-state index is 11.0. The van der Waals surface area contributed by atoms with Gasteiger partial charge >= 0.3 is 5.97 Å². The fourth-order valence-corrected chi connectivity index (χ4v) is 1.64. The Hall–Kier alpha value is -1.03. The normalized spacial score (nSPS) is 9.64. The number of hydrogen-bond acceptors (Lipinski definition) is 4. The molecule has 1 heterocycles. The molecule has 0 saturated carbocycles. The van der Waals surface area contributed by atoms with Gasteiger partial charge in [0.05, 0.1) is 12.8 Å². The van der Waals surface area contributed by atoms with Gasteiger partial charge in [-0.05, 0) is 13.0 Å². The van der Waals surface area contributed by atoms with Gasteiger partial charge in [0.25, 0.3) is 0 Å². The number of nitrogens with two attached hydrogens (primary N) is 1. The standard InChI is InChI=1S/C7H9NO2S/c1-4-3-5(8)6(11-4)7(9)10-2/h3H,8H2,1-2H3. The second kappa shape index (κ2) is 2.92. The van der Waals surface area contributed by atoms with Crippen LogP contribution in [0.5, 0.6) is 0 Å². The van der Waals surface area contributed by atoms with Crippen LogP contribution in [0.1, 0.15) is 14.5 Å². The lowest BCUT2D eigenvalue weighted by atomic mass is 10.4. The molecule has 0 radical (unpaired) electrons. The van der Waals surface area contributed by atoms with Crippen molar-refractivity contribution in [3.05, 3.63) is 15.8 Å². The van der Waals surface area contributed by atoms with Crippen molar-refractivity contribution in [2.24, 2.45) is 0 Å². The molecule has 1 aromatic heterocycles. The number of methoxy groups -OCH3 is 1. The van der Waals surface area contributed by atoms with Crippen LogP contribution in [0.3, 0.4) is 0 Å². The minimum absolute atomic E-state index is 0.361. The van der Waals surface area contributed by atoms with Crippen molar-refractivity contribution in [2.75, 3.05) is 12.8 Å². The van der Waals surface area contributed by atoms with Gasteiger partial charge in [-0.3, -0.25) is 0 Å². The lowest BCUT2D eigenvalue weighted by Crippen LogP contribution is -2.00. The second-order valence-electron chi connectivity index (χ2n) is 2.13. The Bertz CT molecular complexity index is 280. The van der Waals surface area contributed by atoms with Crippen LogP contribution in [0.4, 0.5) is 5.69 Å². The number of carbonyl (C=O) groups excluding carboxylic acids is 1. The first-order chi connectivity index (χ1) is 5.15. The van der Waals surface area contributed by atoms with Crippen LogP contribution in [0.25, 0.3) is 0 Å². The van der Waals surface area contributed by atoms with Crippen LogP contribution in [-0.4, -0.2) is 13.1 Å². The number of ether oxygens (including phenoxy) is 1. The zero-order valence-electron chi connectivity index (χ0n) is 6.38. The predicted molar refractivity (Wildman–Crippen MR) is 44.8 cm³/mol. The lowest BCUT2D eigenvalue weighted by molar-refractivity contribution is 0.0607. The fraction of sp³-hybridized carbons (Fsp3) is 0.286. The molecule has 0 aliphatic heterocycles.